The highest BCUT2D eigenvalue weighted by molar-refractivity contribution is 7.80. The molecule has 2 amide bonds. The Kier molecular flexibility index (Phi) is 7.62. The summed E-state index contributed by atoms with van der Waals surface area (Å²) in [6.07, 6.45) is 1.98. The molecule has 4 N–H and O–H groups in total. The maximum atomic E-state index is 12.4. The topological polar surface area (TPSA) is 146 Å². The van der Waals surface area contributed by atoms with Crippen molar-refractivity contribution in [3.05, 3.63) is 0 Å². The molecule has 0 aromatic carbocycles. The Bertz CT molecular complexity index is 648. The average Bonchev–Trinajstić information content (AvgIpc) is 2.59. The molecule has 28 heavy (non-hydrogen) atoms. The quantitative estimate of drug-likeness (QED) is 0.354. The Labute approximate surface area is 165 Å². The van der Waals surface area contributed by atoms with Crippen LogP contribution in [0.5, 0.6) is 0 Å². The minimum absolute atomic E-state index is 0.00768. The number of hydrogen-bond acceptors (Lipinski definition) is 8. The van der Waals surface area contributed by atoms with Crippen molar-refractivity contribution in [3.8, 4) is 0 Å². The van der Waals surface area contributed by atoms with Gasteiger partial charge in [0.05, 0.1) is 6.04 Å². The van der Waals surface area contributed by atoms with Crippen molar-refractivity contribution in [2.24, 2.45) is 0 Å². The first kappa shape index (κ1) is 22.8. The maximum absolute atomic E-state index is 12.4. The second kappa shape index (κ2) is 9.35. The minimum atomic E-state index is -4.55. The zero-order valence-corrected chi connectivity index (χ0v) is 17.3. The molecular formula is C16H30N4O7S. The molecule has 12 heteroatoms. The largest absolute Gasteiger partial charge is 0.444 e. The Balaban J connectivity index is 1.69. The lowest BCUT2D eigenvalue weighted by Crippen LogP contribution is -2.56. The van der Waals surface area contributed by atoms with Crippen LogP contribution in [0.3, 0.4) is 0 Å². The molecule has 2 atom stereocenters. The van der Waals surface area contributed by atoms with Gasteiger partial charge in [0.1, 0.15) is 5.60 Å². The second-order valence-corrected chi connectivity index (χ2v) is 9.14. The predicted octanol–water partition coefficient (Wildman–Crippen LogP) is -0.0533. The van der Waals surface area contributed by atoms with Gasteiger partial charge >= 0.3 is 16.5 Å². The average molecular weight is 423 g/mol. The highest BCUT2D eigenvalue weighted by atomic mass is 32.3. The fraction of sp³-hybridized carbons (Fsp3) is 0.875. The number of nitrogens with zero attached hydrogens (tertiary/aromatic N) is 1. The van der Waals surface area contributed by atoms with E-state index < -0.39 is 16.0 Å². The number of amides is 2. The van der Waals surface area contributed by atoms with E-state index in [4.69, 9.17) is 9.29 Å². The summed E-state index contributed by atoms with van der Waals surface area (Å²) in [6.45, 7) is 6.84. The summed E-state index contributed by atoms with van der Waals surface area (Å²) < 4.78 is 39.2. The molecule has 2 aliphatic heterocycles. The molecule has 2 aliphatic rings. The second-order valence-electron chi connectivity index (χ2n) is 8.11. The van der Waals surface area contributed by atoms with E-state index >= 15 is 0 Å². The van der Waals surface area contributed by atoms with Crippen molar-refractivity contribution >= 4 is 22.4 Å². The third kappa shape index (κ3) is 7.87. The van der Waals surface area contributed by atoms with Gasteiger partial charge in [0.25, 0.3) is 0 Å². The van der Waals surface area contributed by atoms with Crippen LogP contribution < -0.4 is 16.1 Å². The molecule has 0 aliphatic carbocycles. The molecule has 0 aromatic heterocycles. The SMILES string of the molecule is CC(C)(C)OC(=O)N1CCC(NC(=O)[C@@H]2CC[C@@H](NOS(=O)(=O)O)CN2)CC1. The smallest absolute Gasteiger partial charge is 0.413 e. The lowest BCUT2D eigenvalue weighted by molar-refractivity contribution is -0.124. The van der Waals surface area contributed by atoms with Gasteiger partial charge < -0.3 is 20.3 Å². The predicted molar refractivity (Wildman–Crippen MR) is 99.6 cm³/mol. The number of hydrogen-bond donors (Lipinski definition) is 4. The number of hydroxylamine groups is 1. The van der Waals surface area contributed by atoms with Crippen molar-refractivity contribution in [2.45, 2.75) is 70.2 Å². The molecule has 162 valence electrons. The normalized spacial score (nSPS) is 24.6. The van der Waals surface area contributed by atoms with Gasteiger partial charge in [-0.1, -0.05) is 0 Å². The van der Waals surface area contributed by atoms with Crippen LogP contribution in [-0.2, 0) is 24.2 Å². The summed E-state index contributed by atoms with van der Waals surface area (Å²) >= 11 is 0. The molecule has 0 unspecified atom stereocenters. The van der Waals surface area contributed by atoms with Crippen molar-refractivity contribution < 1.29 is 31.6 Å². The van der Waals surface area contributed by atoms with Gasteiger partial charge in [0, 0.05) is 31.7 Å². The minimum Gasteiger partial charge on any atom is -0.444 e. The van der Waals surface area contributed by atoms with Crippen molar-refractivity contribution in [2.75, 3.05) is 19.6 Å². The van der Waals surface area contributed by atoms with E-state index in [-0.39, 0.29) is 30.1 Å². The molecule has 0 bridgehead atoms. The molecular weight excluding hydrogens is 392 g/mol. The Morgan fingerprint density at radius 3 is 2.25 bits per heavy atom. The molecule has 2 rings (SSSR count). The molecule has 0 saturated carbocycles. The zero-order valence-electron chi connectivity index (χ0n) is 16.4. The number of likely N-dealkylation sites (tertiary alicyclic amines) is 1. The summed E-state index contributed by atoms with van der Waals surface area (Å²) in [6, 6.07) is -0.720. The highest BCUT2D eigenvalue weighted by Crippen LogP contribution is 2.16. The van der Waals surface area contributed by atoms with Crippen LogP contribution in [0.2, 0.25) is 0 Å². The molecule has 11 nitrogen and oxygen atoms in total. The third-order valence-corrected chi connectivity index (χ3v) is 4.85. The van der Waals surface area contributed by atoms with E-state index in [2.05, 4.69) is 20.4 Å². The molecule has 0 spiro atoms. The first-order valence-corrected chi connectivity index (χ1v) is 10.7. The van der Waals surface area contributed by atoms with E-state index in [9.17, 15) is 18.0 Å². The lowest BCUT2D eigenvalue weighted by atomic mass is 9.99. The summed E-state index contributed by atoms with van der Waals surface area (Å²) in [5.74, 6) is -0.120. The Morgan fingerprint density at radius 1 is 1.11 bits per heavy atom. The van der Waals surface area contributed by atoms with Gasteiger partial charge in [0.2, 0.25) is 5.91 Å². The molecule has 0 aromatic rings. The first-order chi connectivity index (χ1) is 12.9. The molecule has 2 fully saturated rings. The fourth-order valence-corrected chi connectivity index (χ4v) is 3.40. The van der Waals surface area contributed by atoms with E-state index in [1.165, 1.54) is 0 Å². The van der Waals surface area contributed by atoms with Gasteiger partial charge in [-0.05, 0) is 46.5 Å². The van der Waals surface area contributed by atoms with Gasteiger partial charge in [-0.15, -0.1) is 0 Å². The maximum Gasteiger partial charge on any atom is 0.413 e. The van der Waals surface area contributed by atoms with Crippen molar-refractivity contribution in [1.82, 2.24) is 21.0 Å². The van der Waals surface area contributed by atoms with E-state index in [0.717, 1.165) is 0 Å². The van der Waals surface area contributed by atoms with Gasteiger partial charge in [0.15, 0.2) is 0 Å². The van der Waals surface area contributed by atoms with Gasteiger partial charge in [-0.2, -0.15) is 18.2 Å². The van der Waals surface area contributed by atoms with E-state index in [0.29, 0.717) is 45.3 Å². The number of carbonyl (C=O) groups is 2. The van der Waals surface area contributed by atoms with Crippen LogP contribution in [0.15, 0.2) is 0 Å². The van der Waals surface area contributed by atoms with Crippen LogP contribution in [0.4, 0.5) is 4.79 Å². The molecule has 0 radical (unpaired) electrons. The number of carbonyl (C=O) groups excluding carboxylic acids is 2. The van der Waals surface area contributed by atoms with E-state index in [1.807, 2.05) is 20.8 Å². The Hall–Kier alpha value is -1.47. The van der Waals surface area contributed by atoms with Crippen LogP contribution in [0.1, 0.15) is 46.5 Å². The van der Waals surface area contributed by atoms with Gasteiger partial charge in [-0.3, -0.25) is 9.35 Å². The van der Waals surface area contributed by atoms with Crippen molar-refractivity contribution in [3.63, 3.8) is 0 Å². The number of piperidine rings is 2. The molecule has 2 saturated heterocycles. The van der Waals surface area contributed by atoms with Crippen LogP contribution in [-0.4, -0.2) is 73.2 Å². The number of ether oxygens (including phenoxy) is 1. The van der Waals surface area contributed by atoms with E-state index in [1.54, 1.807) is 4.90 Å². The third-order valence-electron chi connectivity index (χ3n) is 4.54. The monoisotopic (exact) mass is 422 g/mol. The number of rotatable bonds is 5. The fourth-order valence-electron chi connectivity index (χ4n) is 3.14. The standard InChI is InChI=1S/C16H30N4O7S/c1-16(2,3)26-15(22)20-8-6-11(7-9-20)18-14(21)13-5-4-12(10-17-13)19-27-28(23,24)25/h11-13,17,19H,4-10H2,1-3H3,(H,18,21)(H,23,24,25)/t12-,13+/m1/s1. The summed E-state index contributed by atoms with van der Waals surface area (Å²) in [5.41, 5.74) is 1.72. The highest BCUT2D eigenvalue weighted by Gasteiger charge is 2.31. The van der Waals surface area contributed by atoms with Crippen LogP contribution >= 0.6 is 0 Å². The zero-order chi connectivity index (χ0) is 20.9. The van der Waals surface area contributed by atoms with Crippen LogP contribution in [0.25, 0.3) is 0 Å². The van der Waals surface area contributed by atoms with Crippen molar-refractivity contribution in [1.29, 1.82) is 0 Å². The summed E-state index contributed by atoms with van der Waals surface area (Å²) in [7, 11) is -4.55. The summed E-state index contributed by atoms with van der Waals surface area (Å²) in [4.78, 5) is 26.2. The Morgan fingerprint density at radius 2 is 1.75 bits per heavy atom. The summed E-state index contributed by atoms with van der Waals surface area (Å²) in [5, 5.41) is 6.03. The van der Waals surface area contributed by atoms with Crippen LogP contribution in [0, 0.1) is 0 Å². The number of nitrogens with one attached hydrogen (secondary N) is 3. The first-order valence-electron chi connectivity index (χ1n) is 9.36. The molecule has 2 heterocycles. The van der Waals surface area contributed by atoms with Gasteiger partial charge in [-0.25, -0.2) is 4.79 Å². The lowest BCUT2D eigenvalue weighted by Gasteiger charge is -2.35.